The van der Waals surface area contributed by atoms with Crippen LogP contribution < -0.4 is 20.7 Å². The van der Waals surface area contributed by atoms with Crippen LogP contribution in [0.2, 0.25) is 0 Å². The second-order valence-electron chi connectivity index (χ2n) is 7.40. The first-order chi connectivity index (χ1) is 16.3. The van der Waals surface area contributed by atoms with Crippen LogP contribution in [0.4, 0.5) is 0 Å². The molecule has 0 aliphatic carbocycles. The van der Waals surface area contributed by atoms with E-state index in [1.54, 1.807) is 13.0 Å². The van der Waals surface area contributed by atoms with Crippen LogP contribution >= 0.6 is 0 Å². The summed E-state index contributed by atoms with van der Waals surface area (Å²) in [5.74, 6) is -1.35. The molecular formula is C24H25BN2O7. The van der Waals surface area contributed by atoms with Crippen molar-refractivity contribution < 1.29 is 33.8 Å². The summed E-state index contributed by atoms with van der Waals surface area (Å²) in [6.07, 6.45) is 0. The monoisotopic (exact) mass is 464 g/mol. The zero-order chi connectivity index (χ0) is 24.8. The van der Waals surface area contributed by atoms with E-state index in [1.807, 2.05) is 36.4 Å². The highest BCUT2D eigenvalue weighted by Gasteiger charge is 2.38. The average molecular weight is 464 g/mol. The third-order valence-corrected chi connectivity index (χ3v) is 5.26. The summed E-state index contributed by atoms with van der Waals surface area (Å²) in [6.45, 7) is 3.46. The maximum absolute atomic E-state index is 12.8. The highest BCUT2D eigenvalue weighted by Crippen LogP contribution is 2.41. The van der Waals surface area contributed by atoms with Crippen LogP contribution in [0.15, 0.2) is 65.3 Å². The lowest BCUT2D eigenvalue weighted by Gasteiger charge is -2.28. The van der Waals surface area contributed by atoms with Crippen LogP contribution in [0.5, 0.6) is 11.5 Å². The number of benzene rings is 2. The quantitative estimate of drug-likeness (QED) is 0.392. The summed E-state index contributed by atoms with van der Waals surface area (Å²) in [7, 11) is -0.531. The van der Waals surface area contributed by atoms with Gasteiger partial charge in [0.1, 0.15) is 24.0 Å². The van der Waals surface area contributed by atoms with Gasteiger partial charge in [-0.25, -0.2) is 4.79 Å². The van der Waals surface area contributed by atoms with Crippen molar-refractivity contribution in [1.82, 2.24) is 0 Å². The van der Waals surface area contributed by atoms with Gasteiger partial charge in [-0.2, -0.15) is 5.26 Å². The zero-order valence-corrected chi connectivity index (χ0v) is 19.1. The molecule has 0 radical (unpaired) electrons. The second kappa shape index (κ2) is 10.8. The van der Waals surface area contributed by atoms with Crippen LogP contribution in [0.25, 0.3) is 0 Å². The second-order valence-corrected chi connectivity index (χ2v) is 7.40. The summed E-state index contributed by atoms with van der Waals surface area (Å²) in [5.41, 5.74) is 7.20. The fraction of sp³-hybridized carbons (Fsp3) is 0.250. The molecule has 0 amide bonds. The molecule has 2 aromatic rings. The fourth-order valence-electron chi connectivity index (χ4n) is 3.73. The van der Waals surface area contributed by atoms with Crippen LogP contribution in [0.3, 0.4) is 0 Å². The topological polar surface area (TPSA) is 144 Å². The SMILES string of the molecule is CCOC(=O)C1=C(C)OC(N)=C(C#N)C1c1cc(OC)c(OCc2ccccc2)c(B(O)O)c1. The number of allylic oxidation sites excluding steroid dienone is 2. The van der Waals surface area contributed by atoms with Gasteiger partial charge in [-0.05, 0) is 31.0 Å². The van der Waals surface area contributed by atoms with E-state index in [0.717, 1.165) is 5.56 Å². The first-order valence-electron chi connectivity index (χ1n) is 10.5. The molecule has 0 saturated carbocycles. The number of carbonyl (C=O) groups excluding carboxylic acids is 1. The number of nitriles is 1. The number of ether oxygens (including phenoxy) is 4. The minimum atomic E-state index is -1.93. The standard InChI is InChI=1S/C24H25BN2O7/c1-4-32-24(28)20-14(2)34-23(27)17(12-26)21(20)16-10-18(25(29)30)22(19(11-16)31-3)33-13-15-8-6-5-7-9-15/h5-11,21,29-30H,4,13,27H2,1-3H3. The van der Waals surface area contributed by atoms with Crippen molar-refractivity contribution in [3.05, 3.63) is 76.4 Å². The maximum Gasteiger partial charge on any atom is 0.492 e. The summed E-state index contributed by atoms with van der Waals surface area (Å²) in [6, 6.07) is 14.3. The van der Waals surface area contributed by atoms with E-state index < -0.39 is 19.0 Å². The lowest BCUT2D eigenvalue weighted by Crippen LogP contribution is -2.33. The van der Waals surface area contributed by atoms with Gasteiger partial charge in [0.05, 0.1) is 25.2 Å². The van der Waals surface area contributed by atoms with E-state index in [-0.39, 0.29) is 53.0 Å². The Morgan fingerprint density at radius 1 is 1.26 bits per heavy atom. The first-order valence-corrected chi connectivity index (χ1v) is 10.5. The van der Waals surface area contributed by atoms with Crippen molar-refractivity contribution in [3.8, 4) is 17.6 Å². The predicted octanol–water partition coefficient (Wildman–Crippen LogP) is 1.60. The Labute approximate surface area is 197 Å². The summed E-state index contributed by atoms with van der Waals surface area (Å²) in [5, 5.41) is 30.0. The van der Waals surface area contributed by atoms with Crippen LogP contribution in [-0.4, -0.2) is 36.9 Å². The molecule has 2 aromatic carbocycles. The summed E-state index contributed by atoms with van der Waals surface area (Å²) < 4.78 is 22.0. The number of nitrogens with zero attached hydrogens (tertiary/aromatic N) is 1. The predicted molar refractivity (Wildman–Crippen MR) is 124 cm³/mol. The minimum absolute atomic E-state index is 0.00602. The van der Waals surface area contributed by atoms with Crippen molar-refractivity contribution in [3.63, 3.8) is 0 Å². The number of methoxy groups -OCH3 is 1. The van der Waals surface area contributed by atoms with Gasteiger partial charge in [-0.3, -0.25) is 0 Å². The summed E-state index contributed by atoms with van der Waals surface area (Å²) in [4.78, 5) is 12.8. The first kappa shape index (κ1) is 24.7. The normalized spacial score (nSPS) is 15.4. The molecule has 0 bridgehead atoms. The molecule has 1 atom stereocenters. The Morgan fingerprint density at radius 3 is 2.56 bits per heavy atom. The molecule has 34 heavy (non-hydrogen) atoms. The minimum Gasteiger partial charge on any atom is -0.493 e. The van der Waals surface area contributed by atoms with E-state index >= 15 is 0 Å². The molecule has 0 spiro atoms. The van der Waals surface area contributed by atoms with E-state index in [2.05, 4.69) is 0 Å². The lowest BCUT2D eigenvalue weighted by molar-refractivity contribution is -0.139. The Hall–Kier alpha value is -3.94. The van der Waals surface area contributed by atoms with Crippen molar-refractivity contribution in [2.75, 3.05) is 13.7 Å². The van der Waals surface area contributed by atoms with Crippen molar-refractivity contribution >= 4 is 18.6 Å². The zero-order valence-electron chi connectivity index (χ0n) is 19.1. The van der Waals surface area contributed by atoms with Gasteiger partial charge in [-0.15, -0.1) is 0 Å². The van der Waals surface area contributed by atoms with Gasteiger partial charge < -0.3 is 34.7 Å². The highest BCUT2D eigenvalue weighted by molar-refractivity contribution is 6.60. The van der Waals surface area contributed by atoms with Crippen molar-refractivity contribution in [1.29, 1.82) is 5.26 Å². The third kappa shape index (κ3) is 5.01. The van der Waals surface area contributed by atoms with Gasteiger partial charge in [0.2, 0.25) is 5.88 Å². The van der Waals surface area contributed by atoms with Crippen LogP contribution in [0, 0.1) is 11.3 Å². The molecule has 3 rings (SSSR count). The molecule has 1 heterocycles. The van der Waals surface area contributed by atoms with E-state index in [1.165, 1.54) is 20.1 Å². The molecule has 0 saturated heterocycles. The molecule has 176 valence electrons. The van der Waals surface area contributed by atoms with E-state index in [9.17, 15) is 20.1 Å². The molecule has 1 aliphatic rings. The number of hydrogen-bond acceptors (Lipinski definition) is 9. The molecule has 0 aromatic heterocycles. The number of esters is 1. The van der Waals surface area contributed by atoms with Gasteiger partial charge in [0.15, 0.2) is 11.5 Å². The molecule has 10 heteroatoms. The van der Waals surface area contributed by atoms with Crippen LogP contribution in [0.1, 0.15) is 30.9 Å². The van der Waals surface area contributed by atoms with Gasteiger partial charge in [-0.1, -0.05) is 36.4 Å². The average Bonchev–Trinajstić information content (AvgIpc) is 2.82. The fourth-order valence-corrected chi connectivity index (χ4v) is 3.73. The maximum atomic E-state index is 12.8. The Kier molecular flexibility index (Phi) is 7.84. The van der Waals surface area contributed by atoms with Crippen molar-refractivity contribution in [2.24, 2.45) is 5.73 Å². The van der Waals surface area contributed by atoms with E-state index in [0.29, 0.717) is 5.56 Å². The van der Waals surface area contributed by atoms with Gasteiger partial charge >= 0.3 is 13.1 Å². The Bertz CT molecular complexity index is 1170. The number of hydrogen-bond donors (Lipinski definition) is 3. The Balaban J connectivity index is 2.15. The van der Waals surface area contributed by atoms with Crippen LogP contribution in [-0.2, 0) is 20.9 Å². The largest absolute Gasteiger partial charge is 0.493 e. The number of nitrogens with two attached hydrogens (primary N) is 1. The smallest absolute Gasteiger partial charge is 0.492 e. The van der Waals surface area contributed by atoms with Gasteiger partial charge in [0, 0.05) is 5.46 Å². The lowest BCUT2D eigenvalue weighted by atomic mass is 9.75. The number of rotatable bonds is 8. The molecule has 0 fully saturated rings. The number of carbonyl (C=O) groups is 1. The van der Waals surface area contributed by atoms with Gasteiger partial charge in [0.25, 0.3) is 0 Å². The van der Waals surface area contributed by atoms with Crippen molar-refractivity contribution in [2.45, 2.75) is 26.4 Å². The molecule has 4 N–H and O–H groups in total. The van der Waals surface area contributed by atoms with E-state index in [4.69, 9.17) is 24.7 Å². The molecular weight excluding hydrogens is 439 g/mol. The molecule has 9 nitrogen and oxygen atoms in total. The highest BCUT2D eigenvalue weighted by atomic mass is 16.5. The molecule has 1 aliphatic heterocycles. The third-order valence-electron chi connectivity index (χ3n) is 5.26. The Morgan fingerprint density at radius 2 is 1.97 bits per heavy atom. The molecule has 1 unspecified atom stereocenters. The summed E-state index contributed by atoms with van der Waals surface area (Å²) >= 11 is 0.